The molecule has 1 rings (SSSR count). The van der Waals surface area contributed by atoms with Crippen LogP contribution in [0.2, 0.25) is 0 Å². The van der Waals surface area contributed by atoms with Crippen molar-refractivity contribution in [2.75, 3.05) is 25.2 Å². The van der Waals surface area contributed by atoms with Gasteiger partial charge in [0.2, 0.25) is 0 Å². The Balaban J connectivity index is 2.45. The van der Waals surface area contributed by atoms with Gasteiger partial charge in [-0.25, -0.2) is 0 Å². The first-order valence-corrected chi connectivity index (χ1v) is 5.20. The van der Waals surface area contributed by atoms with Gasteiger partial charge in [0, 0.05) is 7.11 Å². The highest BCUT2D eigenvalue weighted by Crippen LogP contribution is 2.30. The Bertz CT molecular complexity index is 154. The van der Waals surface area contributed by atoms with E-state index in [9.17, 15) is 4.79 Å². The number of hydrogen-bond donors (Lipinski definition) is 1. The van der Waals surface area contributed by atoms with Crippen molar-refractivity contribution in [3.05, 3.63) is 0 Å². The quantitative estimate of drug-likeness (QED) is 0.720. The summed E-state index contributed by atoms with van der Waals surface area (Å²) in [7, 11) is 1.55. The van der Waals surface area contributed by atoms with Crippen LogP contribution >= 0.6 is 11.8 Å². The molecule has 2 atom stereocenters. The van der Waals surface area contributed by atoms with E-state index < -0.39 is 5.97 Å². The molecule has 1 heterocycles. The Labute approximate surface area is 76.5 Å². The molecule has 1 aliphatic heterocycles. The van der Waals surface area contributed by atoms with Gasteiger partial charge in [0.15, 0.2) is 0 Å². The zero-order valence-corrected chi connectivity index (χ0v) is 7.97. The number of carboxylic acids is 1. The predicted octanol–water partition coefficient (Wildman–Crippen LogP) is 1.09. The van der Waals surface area contributed by atoms with E-state index in [1.807, 2.05) is 11.8 Å². The molecule has 0 amide bonds. The smallest absolute Gasteiger partial charge is 0.309 e. The highest BCUT2D eigenvalue weighted by molar-refractivity contribution is 7.99. The third-order valence-electron chi connectivity index (χ3n) is 2.20. The molecule has 0 aromatic carbocycles. The molecule has 1 aliphatic rings. The first-order valence-electron chi connectivity index (χ1n) is 4.05. The van der Waals surface area contributed by atoms with E-state index in [0.29, 0.717) is 12.5 Å². The average Bonchev–Trinajstić information content (AvgIpc) is 2.51. The number of thioether (sulfide) groups is 1. The van der Waals surface area contributed by atoms with Crippen LogP contribution in [0.3, 0.4) is 0 Å². The predicted molar refractivity (Wildman–Crippen MR) is 48.4 cm³/mol. The van der Waals surface area contributed by atoms with Gasteiger partial charge in [0.25, 0.3) is 0 Å². The minimum absolute atomic E-state index is 0.301. The van der Waals surface area contributed by atoms with Crippen LogP contribution in [-0.4, -0.2) is 36.3 Å². The molecule has 1 fully saturated rings. The van der Waals surface area contributed by atoms with Crippen molar-refractivity contribution in [2.45, 2.75) is 6.42 Å². The van der Waals surface area contributed by atoms with E-state index in [0.717, 1.165) is 17.9 Å². The molecule has 0 spiro atoms. The van der Waals surface area contributed by atoms with Crippen LogP contribution in [0.4, 0.5) is 0 Å². The monoisotopic (exact) mass is 190 g/mol. The van der Waals surface area contributed by atoms with Crippen molar-refractivity contribution in [1.82, 2.24) is 0 Å². The summed E-state index contributed by atoms with van der Waals surface area (Å²) in [4.78, 5) is 10.8. The molecule has 4 heteroatoms. The second kappa shape index (κ2) is 4.72. The lowest BCUT2D eigenvalue weighted by Gasteiger charge is -2.16. The lowest BCUT2D eigenvalue weighted by molar-refractivity contribution is -0.145. The highest BCUT2D eigenvalue weighted by Gasteiger charge is 2.30. The number of aliphatic carboxylic acids is 1. The third kappa shape index (κ3) is 2.38. The van der Waals surface area contributed by atoms with E-state index >= 15 is 0 Å². The van der Waals surface area contributed by atoms with Gasteiger partial charge in [-0.1, -0.05) is 0 Å². The number of rotatable bonds is 4. The van der Waals surface area contributed by atoms with Crippen molar-refractivity contribution < 1.29 is 14.6 Å². The fourth-order valence-corrected chi connectivity index (χ4v) is 2.80. The SMILES string of the molecule is COCC(C(=O)O)C1CCSC1. The summed E-state index contributed by atoms with van der Waals surface area (Å²) in [6.45, 7) is 0.348. The Hall–Kier alpha value is -0.220. The molecule has 2 unspecified atom stereocenters. The van der Waals surface area contributed by atoms with Crippen LogP contribution in [0.5, 0.6) is 0 Å². The summed E-state index contributed by atoms with van der Waals surface area (Å²) in [6, 6.07) is 0. The second-order valence-corrected chi connectivity index (χ2v) is 4.17. The lowest BCUT2D eigenvalue weighted by atomic mass is 9.93. The number of carbonyl (C=O) groups is 1. The Morgan fingerprint density at radius 3 is 3.00 bits per heavy atom. The molecule has 0 aromatic heterocycles. The van der Waals surface area contributed by atoms with E-state index in [2.05, 4.69) is 0 Å². The Kier molecular flexibility index (Phi) is 3.88. The molecule has 0 saturated carbocycles. The fraction of sp³-hybridized carbons (Fsp3) is 0.875. The zero-order chi connectivity index (χ0) is 8.97. The van der Waals surface area contributed by atoms with Crippen LogP contribution in [0, 0.1) is 11.8 Å². The third-order valence-corrected chi connectivity index (χ3v) is 3.39. The van der Waals surface area contributed by atoms with Crippen LogP contribution < -0.4 is 0 Å². The molecule has 0 radical (unpaired) electrons. The first kappa shape index (κ1) is 9.86. The van der Waals surface area contributed by atoms with Crippen molar-refractivity contribution >= 4 is 17.7 Å². The number of hydrogen-bond acceptors (Lipinski definition) is 3. The summed E-state index contributed by atoms with van der Waals surface area (Å²) in [5.74, 6) is 1.36. The molecule has 1 N–H and O–H groups in total. The largest absolute Gasteiger partial charge is 0.481 e. The van der Waals surface area contributed by atoms with Crippen molar-refractivity contribution in [2.24, 2.45) is 11.8 Å². The molecule has 1 saturated heterocycles. The van der Waals surface area contributed by atoms with Gasteiger partial charge in [-0.3, -0.25) is 4.79 Å². The summed E-state index contributed by atoms with van der Waals surface area (Å²) in [5.41, 5.74) is 0. The maximum absolute atomic E-state index is 10.8. The maximum Gasteiger partial charge on any atom is 0.309 e. The van der Waals surface area contributed by atoms with Gasteiger partial charge in [-0.05, 0) is 23.8 Å². The van der Waals surface area contributed by atoms with Crippen LogP contribution in [0.1, 0.15) is 6.42 Å². The Morgan fingerprint density at radius 1 is 1.83 bits per heavy atom. The summed E-state index contributed by atoms with van der Waals surface area (Å²) in [5, 5.41) is 8.88. The van der Waals surface area contributed by atoms with Gasteiger partial charge in [-0.2, -0.15) is 11.8 Å². The van der Waals surface area contributed by atoms with E-state index in [4.69, 9.17) is 9.84 Å². The van der Waals surface area contributed by atoms with E-state index in [1.165, 1.54) is 0 Å². The summed E-state index contributed by atoms with van der Waals surface area (Å²) >= 11 is 1.83. The lowest BCUT2D eigenvalue weighted by Crippen LogP contribution is -2.27. The van der Waals surface area contributed by atoms with Gasteiger partial charge in [-0.15, -0.1) is 0 Å². The van der Waals surface area contributed by atoms with Gasteiger partial charge < -0.3 is 9.84 Å². The molecule has 0 aromatic rings. The number of carboxylic acid groups (broad SMARTS) is 1. The average molecular weight is 190 g/mol. The van der Waals surface area contributed by atoms with Crippen molar-refractivity contribution in [1.29, 1.82) is 0 Å². The second-order valence-electron chi connectivity index (χ2n) is 3.02. The fourth-order valence-electron chi connectivity index (χ4n) is 1.46. The van der Waals surface area contributed by atoms with Gasteiger partial charge >= 0.3 is 5.97 Å². The van der Waals surface area contributed by atoms with Crippen LogP contribution in [-0.2, 0) is 9.53 Å². The van der Waals surface area contributed by atoms with Crippen molar-refractivity contribution in [3.63, 3.8) is 0 Å². The normalized spacial score (nSPS) is 25.6. The highest BCUT2D eigenvalue weighted by atomic mass is 32.2. The molecule has 12 heavy (non-hydrogen) atoms. The molecule has 0 aliphatic carbocycles. The van der Waals surface area contributed by atoms with E-state index in [1.54, 1.807) is 7.11 Å². The number of ether oxygens (including phenoxy) is 1. The molecule has 0 bridgehead atoms. The van der Waals surface area contributed by atoms with E-state index in [-0.39, 0.29) is 5.92 Å². The molecular formula is C8H14O3S. The minimum Gasteiger partial charge on any atom is -0.481 e. The zero-order valence-electron chi connectivity index (χ0n) is 7.16. The van der Waals surface area contributed by atoms with Crippen molar-refractivity contribution in [3.8, 4) is 0 Å². The minimum atomic E-state index is -0.718. The van der Waals surface area contributed by atoms with Gasteiger partial charge in [0.05, 0.1) is 12.5 Å². The van der Waals surface area contributed by atoms with Crippen LogP contribution in [0.25, 0.3) is 0 Å². The molecule has 70 valence electrons. The van der Waals surface area contributed by atoms with Crippen LogP contribution in [0.15, 0.2) is 0 Å². The Morgan fingerprint density at radius 2 is 2.58 bits per heavy atom. The first-order chi connectivity index (χ1) is 5.75. The molecule has 3 nitrogen and oxygen atoms in total. The molecular weight excluding hydrogens is 176 g/mol. The standard InChI is InChI=1S/C8H14O3S/c1-11-4-7(8(9)10)6-2-3-12-5-6/h6-7H,2-5H2,1H3,(H,9,10). The van der Waals surface area contributed by atoms with Gasteiger partial charge in [0.1, 0.15) is 0 Å². The maximum atomic E-state index is 10.8. The number of methoxy groups -OCH3 is 1. The summed E-state index contributed by atoms with van der Waals surface area (Å²) < 4.78 is 4.89. The topological polar surface area (TPSA) is 46.5 Å². The summed E-state index contributed by atoms with van der Waals surface area (Å²) in [6.07, 6.45) is 1.02.